The first-order chi connectivity index (χ1) is 6.57. The molecule has 0 amide bonds. The van der Waals surface area contributed by atoms with Gasteiger partial charge in [-0.3, -0.25) is 4.79 Å². The van der Waals surface area contributed by atoms with E-state index in [2.05, 4.69) is 15.9 Å². The second-order valence-corrected chi connectivity index (χ2v) is 3.89. The highest BCUT2D eigenvalue weighted by molar-refractivity contribution is 9.10. The lowest BCUT2D eigenvalue weighted by atomic mass is 10.0. The summed E-state index contributed by atoms with van der Waals surface area (Å²) < 4.78 is 6.23. The van der Waals surface area contributed by atoms with Crippen LogP contribution in [-0.2, 0) is 0 Å². The van der Waals surface area contributed by atoms with Gasteiger partial charge in [0.2, 0.25) is 0 Å². The summed E-state index contributed by atoms with van der Waals surface area (Å²) in [6, 6.07) is 3.71. The molecule has 0 bridgehead atoms. The molecule has 3 heteroatoms. The van der Waals surface area contributed by atoms with Gasteiger partial charge < -0.3 is 4.74 Å². The van der Waals surface area contributed by atoms with Crippen LogP contribution in [0.1, 0.15) is 29.8 Å². The van der Waals surface area contributed by atoms with E-state index in [0.717, 1.165) is 15.8 Å². The van der Waals surface area contributed by atoms with Crippen LogP contribution < -0.4 is 4.74 Å². The molecule has 1 aromatic rings. The number of benzene rings is 1. The highest BCUT2D eigenvalue weighted by Gasteiger charge is 2.12. The molecule has 0 atom stereocenters. The average molecular weight is 257 g/mol. The van der Waals surface area contributed by atoms with Gasteiger partial charge in [-0.2, -0.15) is 0 Å². The monoisotopic (exact) mass is 256 g/mol. The van der Waals surface area contributed by atoms with Gasteiger partial charge in [-0.15, -0.1) is 0 Å². The smallest absolute Gasteiger partial charge is 0.161 e. The van der Waals surface area contributed by atoms with Crippen LogP contribution >= 0.6 is 15.9 Å². The summed E-state index contributed by atoms with van der Waals surface area (Å²) in [5, 5.41) is 0. The first kappa shape index (κ1) is 11.2. The highest BCUT2D eigenvalue weighted by Crippen LogP contribution is 2.28. The van der Waals surface area contributed by atoms with Gasteiger partial charge in [-0.1, -0.05) is 15.9 Å². The first-order valence-electron chi connectivity index (χ1n) is 4.50. The number of hydrogen-bond donors (Lipinski definition) is 0. The minimum atomic E-state index is 0.0518. The fourth-order valence-electron chi connectivity index (χ4n) is 1.40. The summed E-state index contributed by atoms with van der Waals surface area (Å²) >= 11 is 3.36. The maximum atomic E-state index is 11.4. The van der Waals surface area contributed by atoms with Crippen molar-refractivity contribution in [1.82, 2.24) is 0 Å². The zero-order valence-electron chi connectivity index (χ0n) is 8.56. The van der Waals surface area contributed by atoms with Crippen LogP contribution in [0.2, 0.25) is 0 Å². The van der Waals surface area contributed by atoms with E-state index in [0.29, 0.717) is 12.2 Å². The highest BCUT2D eigenvalue weighted by atomic mass is 79.9. The quantitative estimate of drug-likeness (QED) is 0.776. The molecule has 0 N–H and O–H groups in total. The van der Waals surface area contributed by atoms with E-state index in [9.17, 15) is 4.79 Å². The van der Waals surface area contributed by atoms with E-state index in [4.69, 9.17) is 4.74 Å². The van der Waals surface area contributed by atoms with Gasteiger partial charge in [0.05, 0.1) is 6.61 Å². The van der Waals surface area contributed by atoms with Gasteiger partial charge in [0.15, 0.2) is 5.78 Å². The van der Waals surface area contributed by atoms with Crippen LogP contribution in [0.5, 0.6) is 5.75 Å². The molecule has 1 aromatic carbocycles. The Balaban J connectivity index is 3.26. The van der Waals surface area contributed by atoms with Crippen molar-refractivity contribution in [3.8, 4) is 5.75 Å². The molecule has 0 aromatic heterocycles. The maximum absolute atomic E-state index is 11.4. The Morgan fingerprint density at radius 1 is 1.50 bits per heavy atom. The van der Waals surface area contributed by atoms with E-state index in [1.165, 1.54) is 0 Å². The Bertz CT molecular complexity index is 359. The van der Waals surface area contributed by atoms with Crippen LogP contribution in [-0.4, -0.2) is 12.4 Å². The Hall–Kier alpha value is -0.830. The lowest BCUT2D eigenvalue weighted by Gasteiger charge is -2.11. The van der Waals surface area contributed by atoms with Gasteiger partial charge in [0.1, 0.15) is 5.75 Å². The molecular formula is C11H13BrO2. The maximum Gasteiger partial charge on any atom is 0.161 e. The Morgan fingerprint density at radius 3 is 2.64 bits per heavy atom. The van der Waals surface area contributed by atoms with Crippen molar-refractivity contribution in [3.63, 3.8) is 0 Å². The van der Waals surface area contributed by atoms with Crippen LogP contribution in [0, 0.1) is 6.92 Å². The van der Waals surface area contributed by atoms with Gasteiger partial charge in [0.25, 0.3) is 0 Å². The number of Topliss-reactive ketones (excluding diaryl/α,β-unsaturated/α-hetero) is 1. The Kier molecular flexibility index (Phi) is 3.69. The molecule has 76 valence electrons. The lowest BCUT2D eigenvalue weighted by molar-refractivity contribution is 0.101. The molecule has 1 rings (SSSR count). The number of rotatable bonds is 3. The number of ether oxygens (including phenoxy) is 1. The largest absolute Gasteiger partial charge is 0.494 e. The van der Waals surface area contributed by atoms with Crippen molar-refractivity contribution in [1.29, 1.82) is 0 Å². The van der Waals surface area contributed by atoms with E-state index in [-0.39, 0.29) is 5.78 Å². The molecule has 0 aliphatic rings. The third-order valence-electron chi connectivity index (χ3n) is 2.02. The summed E-state index contributed by atoms with van der Waals surface area (Å²) in [6.07, 6.45) is 0. The van der Waals surface area contributed by atoms with E-state index >= 15 is 0 Å². The average Bonchev–Trinajstić information content (AvgIpc) is 2.10. The van der Waals surface area contributed by atoms with Crippen molar-refractivity contribution >= 4 is 21.7 Å². The minimum Gasteiger partial charge on any atom is -0.494 e. The van der Waals surface area contributed by atoms with Crippen LogP contribution in [0.3, 0.4) is 0 Å². The summed E-state index contributed by atoms with van der Waals surface area (Å²) in [6.45, 7) is 5.99. The topological polar surface area (TPSA) is 26.3 Å². The van der Waals surface area contributed by atoms with Crippen LogP contribution in [0.15, 0.2) is 16.6 Å². The van der Waals surface area contributed by atoms with Crippen molar-refractivity contribution in [2.45, 2.75) is 20.8 Å². The van der Waals surface area contributed by atoms with E-state index in [1.54, 1.807) is 6.92 Å². The van der Waals surface area contributed by atoms with Gasteiger partial charge in [-0.25, -0.2) is 0 Å². The zero-order valence-corrected chi connectivity index (χ0v) is 10.1. The van der Waals surface area contributed by atoms with Crippen molar-refractivity contribution in [3.05, 3.63) is 27.7 Å². The Labute approximate surface area is 92.4 Å². The number of ketones is 1. The SMILES string of the molecule is CCOc1ccc(Br)c(C(C)=O)c1C. The molecule has 0 fully saturated rings. The van der Waals surface area contributed by atoms with Gasteiger partial charge in [-0.05, 0) is 32.9 Å². The first-order valence-corrected chi connectivity index (χ1v) is 5.30. The molecular weight excluding hydrogens is 244 g/mol. The molecule has 14 heavy (non-hydrogen) atoms. The number of carbonyl (C=O) groups is 1. The molecule has 2 nitrogen and oxygen atoms in total. The predicted molar refractivity (Wildman–Crippen MR) is 60.1 cm³/mol. The third-order valence-corrected chi connectivity index (χ3v) is 2.68. The van der Waals surface area contributed by atoms with Crippen LogP contribution in [0.4, 0.5) is 0 Å². The van der Waals surface area contributed by atoms with E-state index < -0.39 is 0 Å². The molecule has 0 aliphatic carbocycles. The van der Waals surface area contributed by atoms with Gasteiger partial charge in [0, 0.05) is 15.6 Å². The zero-order chi connectivity index (χ0) is 10.7. The van der Waals surface area contributed by atoms with E-state index in [1.807, 2.05) is 26.0 Å². The third kappa shape index (κ3) is 2.15. The summed E-state index contributed by atoms with van der Waals surface area (Å²) in [4.78, 5) is 11.4. The number of halogens is 1. The fourth-order valence-corrected chi connectivity index (χ4v) is 2.11. The number of carbonyl (C=O) groups excluding carboxylic acids is 1. The molecule has 0 radical (unpaired) electrons. The van der Waals surface area contributed by atoms with Gasteiger partial charge >= 0.3 is 0 Å². The second kappa shape index (κ2) is 4.60. The predicted octanol–water partition coefficient (Wildman–Crippen LogP) is 3.36. The van der Waals surface area contributed by atoms with Crippen LogP contribution in [0.25, 0.3) is 0 Å². The van der Waals surface area contributed by atoms with Crippen molar-refractivity contribution < 1.29 is 9.53 Å². The fraction of sp³-hybridized carbons (Fsp3) is 0.364. The van der Waals surface area contributed by atoms with Crippen molar-refractivity contribution in [2.75, 3.05) is 6.61 Å². The molecule has 0 spiro atoms. The molecule has 0 unspecified atom stereocenters. The molecule has 0 aliphatic heterocycles. The Morgan fingerprint density at radius 2 is 2.14 bits per heavy atom. The summed E-state index contributed by atoms with van der Waals surface area (Å²) in [5.74, 6) is 0.830. The summed E-state index contributed by atoms with van der Waals surface area (Å²) in [7, 11) is 0. The standard InChI is InChI=1S/C11H13BrO2/c1-4-14-10-6-5-9(12)11(7(10)2)8(3)13/h5-6H,4H2,1-3H3. The molecule has 0 heterocycles. The second-order valence-electron chi connectivity index (χ2n) is 3.03. The lowest BCUT2D eigenvalue weighted by Crippen LogP contribution is -2.02. The minimum absolute atomic E-state index is 0.0518. The summed E-state index contributed by atoms with van der Waals surface area (Å²) in [5.41, 5.74) is 1.60. The molecule has 0 saturated carbocycles. The number of hydrogen-bond acceptors (Lipinski definition) is 2. The van der Waals surface area contributed by atoms with Crippen molar-refractivity contribution in [2.24, 2.45) is 0 Å². The molecule has 0 saturated heterocycles. The normalized spacial score (nSPS) is 10.0.